The molecular formula is C13H18N2O2. The van der Waals surface area contributed by atoms with Crippen LogP contribution in [0.4, 0.5) is 5.69 Å². The second-order valence-corrected chi connectivity index (χ2v) is 4.35. The molecule has 1 heterocycles. The lowest BCUT2D eigenvalue weighted by molar-refractivity contribution is 0.0362. The highest BCUT2D eigenvalue weighted by atomic mass is 16.5. The van der Waals surface area contributed by atoms with Crippen molar-refractivity contribution in [2.24, 2.45) is 0 Å². The van der Waals surface area contributed by atoms with Gasteiger partial charge in [0, 0.05) is 32.0 Å². The summed E-state index contributed by atoms with van der Waals surface area (Å²) >= 11 is 0. The number of hydrogen-bond donors (Lipinski definition) is 1. The third-order valence-electron chi connectivity index (χ3n) is 3.25. The molecule has 0 atom stereocenters. The molecule has 0 saturated carbocycles. The van der Waals surface area contributed by atoms with Crippen molar-refractivity contribution in [1.29, 1.82) is 0 Å². The van der Waals surface area contributed by atoms with Gasteiger partial charge in [0.05, 0.1) is 5.56 Å². The van der Waals surface area contributed by atoms with Gasteiger partial charge < -0.3 is 15.4 Å². The smallest absolute Gasteiger partial charge is 0.255 e. The van der Waals surface area contributed by atoms with E-state index < -0.39 is 0 Å². The fourth-order valence-corrected chi connectivity index (χ4v) is 2.12. The minimum atomic E-state index is -0.00463. The van der Waals surface area contributed by atoms with Crippen LogP contribution in [0.15, 0.2) is 24.3 Å². The normalized spacial score (nSPS) is 16.8. The number of carbonyl (C=O) groups is 1. The van der Waals surface area contributed by atoms with Crippen LogP contribution in [0.1, 0.15) is 23.2 Å². The van der Waals surface area contributed by atoms with E-state index in [2.05, 4.69) is 0 Å². The molecular weight excluding hydrogens is 216 g/mol. The summed E-state index contributed by atoms with van der Waals surface area (Å²) in [5.74, 6) is -0.00463. The molecule has 1 aromatic carbocycles. The molecule has 1 saturated heterocycles. The Morgan fingerprint density at radius 3 is 2.65 bits per heavy atom. The van der Waals surface area contributed by atoms with Gasteiger partial charge in [-0.3, -0.25) is 4.79 Å². The van der Waals surface area contributed by atoms with Crippen LogP contribution in [0.3, 0.4) is 0 Å². The molecule has 1 aliphatic heterocycles. The van der Waals surface area contributed by atoms with Crippen LogP contribution in [-0.2, 0) is 4.74 Å². The van der Waals surface area contributed by atoms with Gasteiger partial charge in [0.1, 0.15) is 0 Å². The van der Waals surface area contributed by atoms with Gasteiger partial charge in [-0.25, -0.2) is 0 Å². The minimum Gasteiger partial charge on any atom is -0.398 e. The van der Waals surface area contributed by atoms with Crippen LogP contribution in [-0.4, -0.2) is 37.1 Å². The van der Waals surface area contributed by atoms with E-state index >= 15 is 0 Å². The van der Waals surface area contributed by atoms with Gasteiger partial charge in [-0.15, -0.1) is 0 Å². The van der Waals surface area contributed by atoms with E-state index in [-0.39, 0.29) is 11.9 Å². The number of nitrogens with zero attached hydrogens (tertiary/aromatic N) is 1. The lowest BCUT2D eigenvalue weighted by Gasteiger charge is -2.31. The van der Waals surface area contributed by atoms with E-state index in [1.54, 1.807) is 17.0 Å². The summed E-state index contributed by atoms with van der Waals surface area (Å²) in [7, 11) is 1.84. The lowest BCUT2D eigenvalue weighted by Crippen LogP contribution is -2.40. The molecule has 4 heteroatoms. The number of nitrogens with two attached hydrogens (primary N) is 1. The van der Waals surface area contributed by atoms with Crippen molar-refractivity contribution in [2.45, 2.75) is 18.9 Å². The summed E-state index contributed by atoms with van der Waals surface area (Å²) in [6, 6.07) is 7.46. The van der Waals surface area contributed by atoms with E-state index in [0.29, 0.717) is 11.3 Å². The fraction of sp³-hybridized carbons (Fsp3) is 0.462. The van der Waals surface area contributed by atoms with Crippen molar-refractivity contribution in [3.8, 4) is 0 Å². The number of carbonyl (C=O) groups excluding carboxylic acids is 1. The first-order chi connectivity index (χ1) is 8.20. The quantitative estimate of drug-likeness (QED) is 0.789. The molecule has 17 heavy (non-hydrogen) atoms. The highest BCUT2D eigenvalue weighted by molar-refractivity contribution is 5.99. The van der Waals surface area contributed by atoms with Crippen molar-refractivity contribution >= 4 is 11.6 Å². The van der Waals surface area contributed by atoms with Crippen molar-refractivity contribution in [3.05, 3.63) is 29.8 Å². The van der Waals surface area contributed by atoms with Crippen molar-refractivity contribution in [3.63, 3.8) is 0 Å². The summed E-state index contributed by atoms with van der Waals surface area (Å²) in [6.45, 7) is 1.46. The Morgan fingerprint density at radius 1 is 1.35 bits per heavy atom. The highest BCUT2D eigenvalue weighted by Gasteiger charge is 2.24. The Bertz CT molecular complexity index is 400. The number of ether oxygens (including phenoxy) is 1. The van der Waals surface area contributed by atoms with Gasteiger partial charge in [-0.1, -0.05) is 12.1 Å². The maximum absolute atomic E-state index is 12.3. The van der Waals surface area contributed by atoms with E-state index in [1.165, 1.54) is 0 Å². The average molecular weight is 234 g/mol. The van der Waals surface area contributed by atoms with Crippen molar-refractivity contribution in [1.82, 2.24) is 4.90 Å². The Labute approximate surface area is 101 Å². The molecule has 0 unspecified atom stereocenters. The molecule has 92 valence electrons. The van der Waals surface area contributed by atoms with Gasteiger partial charge >= 0.3 is 0 Å². The number of benzene rings is 1. The molecule has 0 bridgehead atoms. The first kappa shape index (κ1) is 11.9. The molecule has 0 radical (unpaired) electrons. The van der Waals surface area contributed by atoms with Crippen LogP contribution < -0.4 is 5.73 Å². The van der Waals surface area contributed by atoms with E-state index in [1.807, 2.05) is 19.2 Å². The predicted molar refractivity (Wildman–Crippen MR) is 66.8 cm³/mol. The molecule has 0 aliphatic carbocycles. The predicted octanol–water partition coefficient (Wildman–Crippen LogP) is 1.52. The van der Waals surface area contributed by atoms with Gasteiger partial charge in [0.25, 0.3) is 5.91 Å². The molecule has 4 nitrogen and oxygen atoms in total. The number of amides is 1. The SMILES string of the molecule is CN(C(=O)c1ccccc1N)C1CCOCC1. The Balaban J connectivity index is 2.11. The maximum atomic E-state index is 12.3. The maximum Gasteiger partial charge on any atom is 0.255 e. The summed E-state index contributed by atoms with van der Waals surface area (Å²) < 4.78 is 5.30. The molecule has 0 spiro atoms. The first-order valence-corrected chi connectivity index (χ1v) is 5.89. The van der Waals surface area contributed by atoms with Crippen molar-refractivity contribution < 1.29 is 9.53 Å². The van der Waals surface area contributed by atoms with Crippen LogP contribution in [0.25, 0.3) is 0 Å². The monoisotopic (exact) mass is 234 g/mol. The second-order valence-electron chi connectivity index (χ2n) is 4.35. The summed E-state index contributed by atoms with van der Waals surface area (Å²) in [5.41, 5.74) is 6.94. The minimum absolute atomic E-state index is 0.00463. The van der Waals surface area contributed by atoms with Crippen LogP contribution in [0, 0.1) is 0 Å². The van der Waals surface area contributed by atoms with Crippen LogP contribution in [0.2, 0.25) is 0 Å². The van der Waals surface area contributed by atoms with E-state index in [9.17, 15) is 4.79 Å². The molecule has 1 aliphatic rings. The molecule has 2 rings (SSSR count). The standard InChI is InChI=1S/C13H18N2O2/c1-15(10-6-8-17-9-7-10)13(16)11-4-2-3-5-12(11)14/h2-5,10H,6-9,14H2,1H3. The summed E-state index contributed by atoms with van der Waals surface area (Å²) in [6.07, 6.45) is 1.80. The number of nitrogen functional groups attached to an aromatic ring is 1. The Hall–Kier alpha value is -1.55. The average Bonchev–Trinajstić information content (AvgIpc) is 2.39. The van der Waals surface area contributed by atoms with Crippen LogP contribution >= 0.6 is 0 Å². The molecule has 2 N–H and O–H groups in total. The van der Waals surface area contributed by atoms with Gasteiger partial charge in [-0.05, 0) is 25.0 Å². The largest absolute Gasteiger partial charge is 0.398 e. The summed E-state index contributed by atoms with van der Waals surface area (Å²) in [4.78, 5) is 14.1. The molecule has 1 amide bonds. The van der Waals surface area contributed by atoms with Crippen LogP contribution in [0.5, 0.6) is 0 Å². The van der Waals surface area contributed by atoms with E-state index in [0.717, 1.165) is 26.1 Å². The summed E-state index contributed by atoms with van der Waals surface area (Å²) in [5, 5.41) is 0. The lowest BCUT2D eigenvalue weighted by atomic mass is 10.1. The molecule has 1 aromatic rings. The number of rotatable bonds is 2. The zero-order chi connectivity index (χ0) is 12.3. The highest BCUT2D eigenvalue weighted by Crippen LogP contribution is 2.18. The Morgan fingerprint density at radius 2 is 2.00 bits per heavy atom. The fourth-order valence-electron chi connectivity index (χ4n) is 2.12. The van der Waals surface area contributed by atoms with Gasteiger partial charge in [0.15, 0.2) is 0 Å². The van der Waals surface area contributed by atoms with Crippen molar-refractivity contribution in [2.75, 3.05) is 26.0 Å². The van der Waals surface area contributed by atoms with Gasteiger partial charge in [-0.2, -0.15) is 0 Å². The third-order valence-corrected chi connectivity index (χ3v) is 3.25. The number of hydrogen-bond acceptors (Lipinski definition) is 3. The first-order valence-electron chi connectivity index (χ1n) is 5.89. The van der Waals surface area contributed by atoms with Gasteiger partial charge in [0.2, 0.25) is 0 Å². The third kappa shape index (κ3) is 2.58. The number of anilines is 1. The molecule has 0 aromatic heterocycles. The number of para-hydroxylation sites is 1. The molecule has 1 fully saturated rings. The Kier molecular flexibility index (Phi) is 3.64. The second kappa shape index (κ2) is 5.19. The zero-order valence-electron chi connectivity index (χ0n) is 10.1. The van der Waals surface area contributed by atoms with E-state index in [4.69, 9.17) is 10.5 Å². The zero-order valence-corrected chi connectivity index (χ0v) is 10.1. The topological polar surface area (TPSA) is 55.6 Å².